The summed E-state index contributed by atoms with van der Waals surface area (Å²) in [5, 5.41) is 3.99. The summed E-state index contributed by atoms with van der Waals surface area (Å²) in [6, 6.07) is 7.61. The van der Waals surface area contributed by atoms with Gasteiger partial charge in [0.05, 0.1) is 13.5 Å². The van der Waals surface area contributed by atoms with Gasteiger partial charge in [-0.25, -0.2) is 0 Å². The van der Waals surface area contributed by atoms with Crippen LogP contribution in [0.25, 0.3) is 0 Å². The second-order valence-corrected chi connectivity index (χ2v) is 5.50. The zero-order valence-electron chi connectivity index (χ0n) is 10.5. The Labute approximate surface area is 116 Å². The van der Waals surface area contributed by atoms with Crippen molar-refractivity contribution in [3.63, 3.8) is 0 Å². The van der Waals surface area contributed by atoms with Crippen LogP contribution in [0.5, 0.6) is 5.75 Å². The molecule has 0 atom stereocenters. The summed E-state index contributed by atoms with van der Waals surface area (Å²) in [5.41, 5.74) is 1.34. The van der Waals surface area contributed by atoms with Crippen LogP contribution in [0.2, 0.25) is 0 Å². The van der Waals surface area contributed by atoms with Crippen LogP contribution in [0.15, 0.2) is 24.3 Å². The molecule has 1 saturated carbocycles. The molecule has 0 unspecified atom stereocenters. The molecule has 1 amide bonds. The Morgan fingerprint density at radius 2 is 2.06 bits per heavy atom. The zero-order valence-corrected chi connectivity index (χ0v) is 12.1. The first-order chi connectivity index (χ1) is 8.67. The van der Waals surface area contributed by atoms with E-state index in [9.17, 15) is 4.79 Å². The summed E-state index contributed by atoms with van der Waals surface area (Å²) >= 11 is 3.50. The molecule has 1 N–H and O–H groups in total. The van der Waals surface area contributed by atoms with Crippen molar-refractivity contribution in [2.24, 2.45) is 5.41 Å². The van der Waals surface area contributed by atoms with Crippen LogP contribution < -0.4 is 10.1 Å². The largest absolute Gasteiger partial charge is 0.497 e. The number of amides is 1. The molecule has 0 bridgehead atoms. The lowest BCUT2D eigenvalue weighted by Gasteiger charge is -2.12. The minimum Gasteiger partial charge on any atom is -0.497 e. The van der Waals surface area contributed by atoms with Gasteiger partial charge in [-0.1, -0.05) is 28.1 Å². The van der Waals surface area contributed by atoms with Gasteiger partial charge < -0.3 is 10.1 Å². The first-order valence-corrected chi connectivity index (χ1v) is 7.25. The van der Waals surface area contributed by atoms with Gasteiger partial charge in [0.2, 0.25) is 5.91 Å². The minimum atomic E-state index is 0.0902. The minimum absolute atomic E-state index is 0.0902. The maximum atomic E-state index is 11.8. The monoisotopic (exact) mass is 311 g/mol. The van der Waals surface area contributed by atoms with Crippen molar-refractivity contribution in [3.8, 4) is 5.75 Å². The van der Waals surface area contributed by atoms with Crippen LogP contribution in [0.4, 0.5) is 0 Å². The molecule has 1 aliphatic carbocycles. The predicted molar refractivity (Wildman–Crippen MR) is 75.2 cm³/mol. The zero-order chi connectivity index (χ0) is 13.0. The summed E-state index contributed by atoms with van der Waals surface area (Å²) in [4.78, 5) is 11.8. The van der Waals surface area contributed by atoms with Crippen molar-refractivity contribution in [1.82, 2.24) is 5.32 Å². The highest BCUT2D eigenvalue weighted by Crippen LogP contribution is 2.46. The number of hydrogen-bond acceptors (Lipinski definition) is 2. The lowest BCUT2D eigenvalue weighted by molar-refractivity contribution is -0.120. The fraction of sp³-hybridized carbons (Fsp3) is 0.500. The average Bonchev–Trinajstić information content (AvgIpc) is 3.18. The van der Waals surface area contributed by atoms with Gasteiger partial charge in [-0.05, 0) is 36.0 Å². The van der Waals surface area contributed by atoms with Crippen molar-refractivity contribution >= 4 is 21.8 Å². The van der Waals surface area contributed by atoms with Crippen molar-refractivity contribution in [1.29, 1.82) is 0 Å². The molecule has 4 heteroatoms. The summed E-state index contributed by atoms with van der Waals surface area (Å²) in [5.74, 6) is 0.905. The van der Waals surface area contributed by atoms with E-state index in [1.165, 1.54) is 12.8 Å². The fourth-order valence-electron chi connectivity index (χ4n) is 1.81. The van der Waals surface area contributed by atoms with Gasteiger partial charge in [-0.2, -0.15) is 0 Å². The van der Waals surface area contributed by atoms with Crippen LogP contribution in [-0.2, 0) is 11.2 Å². The Morgan fingerprint density at radius 3 is 2.56 bits per heavy atom. The number of benzene rings is 1. The third-order valence-electron chi connectivity index (χ3n) is 3.42. The van der Waals surface area contributed by atoms with Gasteiger partial charge in [0.25, 0.3) is 0 Å². The first kappa shape index (κ1) is 13.4. The number of hydrogen-bond donors (Lipinski definition) is 1. The van der Waals surface area contributed by atoms with E-state index in [2.05, 4.69) is 21.2 Å². The van der Waals surface area contributed by atoms with Gasteiger partial charge >= 0.3 is 0 Å². The normalized spacial score (nSPS) is 16.1. The van der Waals surface area contributed by atoms with Crippen molar-refractivity contribution in [3.05, 3.63) is 29.8 Å². The molecule has 1 fully saturated rings. The van der Waals surface area contributed by atoms with E-state index < -0.39 is 0 Å². The Balaban J connectivity index is 1.79. The number of carbonyl (C=O) groups excluding carboxylic acids is 1. The second-order valence-electron chi connectivity index (χ2n) is 4.94. The Morgan fingerprint density at radius 1 is 1.39 bits per heavy atom. The van der Waals surface area contributed by atoms with E-state index in [-0.39, 0.29) is 5.91 Å². The molecule has 0 aromatic heterocycles. The Kier molecular flexibility index (Phi) is 4.27. The van der Waals surface area contributed by atoms with E-state index in [4.69, 9.17) is 4.74 Å². The summed E-state index contributed by atoms with van der Waals surface area (Å²) < 4.78 is 5.08. The second kappa shape index (κ2) is 5.74. The van der Waals surface area contributed by atoms with Crippen LogP contribution in [0.3, 0.4) is 0 Å². The lowest BCUT2D eigenvalue weighted by Crippen LogP contribution is -2.32. The molecule has 0 aliphatic heterocycles. The molecule has 18 heavy (non-hydrogen) atoms. The van der Waals surface area contributed by atoms with Gasteiger partial charge in [-0.15, -0.1) is 0 Å². The molecule has 2 rings (SSSR count). The number of nitrogens with one attached hydrogen (secondary N) is 1. The summed E-state index contributed by atoms with van der Waals surface area (Å²) in [7, 11) is 1.64. The van der Waals surface area contributed by atoms with Crippen molar-refractivity contribution < 1.29 is 9.53 Å². The van der Waals surface area contributed by atoms with Gasteiger partial charge in [0, 0.05) is 11.9 Å². The molecule has 0 heterocycles. The standard InChI is InChI=1S/C14H18BrNO2/c1-18-12-4-2-11(3-5-12)8-13(17)16-10-14(9-15)6-7-14/h2-5H,6-10H2,1H3,(H,16,17). The number of methoxy groups -OCH3 is 1. The molecule has 1 aliphatic rings. The van der Waals surface area contributed by atoms with Crippen molar-refractivity contribution in [2.75, 3.05) is 19.0 Å². The molecule has 0 spiro atoms. The topological polar surface area (TPSA) is 38.3 Å². The highest BCUT2D eigenvalue weighted by atomic mass is 79.9. The highest BCUT2D eigenvalue weighted by Gasteiger charge is 2.41. The summed E-state index contributed by atoms with van der Waals surface area (Å²) in [6.07, 6.45) is 2.85. The third-order valence-corrected chi connectivity index (χ3v) is 4.61. The number of carbonyl (C=O) groups is 1. The van der Waals surface area contributed by atoms with Gasteiger partial charge in [0.15, 0.2) is 0 Å². The molecule has 3 nitrogen and oxygen atoms in total. The number of rotatable bonds is 6. The van der Waals surface area contributed by atoms with Crippen LogP contribution in [0.1, 0.15) is 18.4 Å². The van der Waals surface area contributed by atoms with Crippen LogP contribution in [0, 0.1) is 5.41 Å². The van der Waals surface area contributed by atoms with Crippen LogP contribution in [-0.4, -0.2) is 24.9 Å². The smallest absolute Gasteiger partial charge is 0.224 e. The number of halogens is 1. The molecule has 98 valence electrons. The number of alkyl halides is 1. The SMILES string of the molecule is COc1ccc(CC(=O)NCC2(CBr)CC2)cc1. The molecule has 1 aromatic carbocycles. The fourth-order valence-corrected chi connectivity index (χ4v) is 2.57. The molecule has 0 saturated heterocycles. The Bertz CT molecular complexity index is 412. The Hall–Kier alpha value is -1.03. The molecular formula is C14H18BrNO2. The van der Waals surface area contributed by atoms with E-state index >= 15 is 0 Å². The maximum absolute atomic E-state index is 11.8. The van der Waals surface area contributed by atoms with E-state index in [0.717, 1.165) is 23.2 Å². The first-order valence-electron chi connectivity index (χ1n) is 6.13. The number of ether oxygens (including phenoxy) is 1. The van der Waals surface area contributed by atoms with Crippen molar-refractivity contribution in [2.45, 2.75) is 19.3 Å². The maximum Gasteiger partial charge on any atom is 0.224 e. The molecule has 1 aromatic rings. The molecular weight excluding hydrogens is 294 g/mol. The van der Waals surface area contributed by atoms with E-state index in [1.54, 1.807) is 7.11 Å². The lowest BCUT2D eigenvalue weighted by atomic mass is 10.1. The van der Waals surface area contributed by atoms with E-state index in [0.29, 0.717) is 11.8 Å². The average molecular weight is 312 g/mol. The summed E-state index contributed by atoms with van der Waals surface area (Å²) in [6.45, 7) is 0.785. The van der Waals surface area contributed by atoms with Gasteiger partial charge in [0.1, 0.15) is 5.75 Å². The predicted octanol–water partition coefficient (Wildman–Crippen LogP) is 2.53. The highest BCUT2D eigenvalue weighted by molar-refractivity contribution is 9.09. The van der Waals surface area contributed by atoms with Gasteiger partial charge in [-0.3, -0.25) is 4.79 Å². The van der Waals surface area contributed by atoms with Crippen LogP contribution >= 0.6 is 15.9 Å². The molecule has 0 radical (unpaired) electrons. The quantitative estimate of drug-likeness (QED) is 0.820. The van der Waals surface area contributed by atoms with E-state index in [1.807, 2.05) is 24.3 Å². The third kappa shape index (κ3) is 3.48.